The van der Waals surface area contributed by atoms with Gasteiger partial charge in [-0.3, -0.25) is 9.69 Å². The van der Waals surface area contributed by atoms with E-state index in [9.17, 15) is 4.79 Å². The fourth-order valence-electron chi connectivity index (χ4n) is 3.64. The van der Waals surface area contributed by atoms with Crippen molar-refractivity contribution in [1.29, 1.82) is 0 Å². The normalized spacial score (nSPS) is 20.1. The first-order valence-corrected chi connectivity index (χ1v) is 8.46. The minimum absolute atomic E-state index is 0.0702. The molecule has 23 heavy (non-hydrogen) atoms. The van der Waals surface area contributed by atoms with Crippen molar-refractivity contribution in [2.45, 2.75) is 38.1 Å². The van der Waals surface area contributed by atoms with Gasteiger partial charge in [0.2, 0.25) is 0 Å². The van der Waals surface area contributed by atoms with Crippen molar-refractivity contribution in [3.63, 3.8) is 0 Å². The minimum atomic E-state index is 0.0702. The van der Waals surface area contributed by atoms with Gasteiger partial charge in [0, 0.05) is 48.4 Å². The van der Waals surface area contributed by atoms with E-state index in [1.54, 1.807) is 24.3 Å². The number of carbonyl (C=O) groups is 1. The third-order valence-electron chi connectivity index (χ3n) is 4.97. The lowest BCUT2D eigenvalue weighted by Gasteiger charge is -2.40. The molecule has 2 fully saturated rings. The Balaban J connectivity index is 1.56. The van der Waals surface area contributed by atoms with Gasteiger partial charge in [0.15, 0.2) is 0 Å². The van der Waals surface area contributed by atoms with Crippen LogP contribution in [0.25, 0.3) is 10.4 Å². The Hall–Kier alpha value is -2.04. The number of carbonyl (C=O) groups excluding carboxylic acids is 1. The van der Waals surface area contributed by atoms with Crippen LogP contribution >= 0.6 is 0 Å². The van der Waals surface area contributed by atoms with Gasteiger partial charge in [0.1, 0.15) is 0 Å². The van der Waals surface area contributed by atoms with Gasteiger partial charge in [0.25, 0.3) is 5.91 Å². The zero-order valence-electron chi connectivity index (χ0n) is 13.4. The summed E-state index contributed by atoms with van der Waals surface area (Å²) in [5, 5.41) is 3.53. The van der Waals surface area contributed by atoms with Crippen LogP contribution in [-0.2, 0) is 0 Å². The topological polar surface area (TPSA) is 72.3 Å². The summed E-state index contributed by atoms with van der Waals surface area (Å²) in [5.41, 5.74) is 9.61. The number of rotatable bonds is 3. The maximum atomic E-state index is 12.6. The van der Waals surface area contributed by atoms with Gasteiger partial charge in [-0.05, 0) is 30.5 Å². The van der Waals surface area contributed by atoms with Crippen LogP contribution in [0.5, 0.6) is 0 Å². The second-order valence-electron chi connectivity index (χ2n) is 6.36. The summed E-state index contributed by atoms with van der Waals surface area (Å²) >= 11 is 0. The van der Waals surface area contributed by atoms with Crippen molar-refractivity contribution in [1.82, 2.24) is 9.80 Å². The summed E-state index contributed by atoms with van der Waals surface area (Å²) in [4.78, 5) is 19.8. The van der Waals surface area contributed by atoms with E-state index in [1.807, 2.05) is 4.90 Å². The van der Waals surface area contributed by atoms with Crippen LogP contribution in [0.3, 0.4) is 0 Å². The molecule has 0 bridgehead atoms. The van der Waals surface area contributed by atoms with Crippen molar-refractivity contribution >= 4 is 11.6 Å². The molecule has 0 radical (unpaired) electrons. The molecule has 122 valence electrons. The zero-order chi connectivity index (χ0) is 16.1. The highest BCUT2D eigenvalue weighted by molar-refractivity contribution is 5.94. The molecule has 1 aromatic carbocycles. The summed E-state index contributed by atoms with van der Waals surface area (Å²) in [6.07, 6.45) is 6.70. The Bertz CT molecular complexity index is 580. The van der Waals surface area contributed by atoms with Gasteiger partial charge in [-0.15, -0.1) is 0 Å². The highest BCUT2D eigenvalue weighted by atomic mass is 16.2. The average molecular weight is 313 g/mol. The number of nitrogens with zero attached hydrogens (tertiary/aromatic N) is 5. The molecule has 1 aromatic rings. The second-order valence-corrected chi connectivity index (χ2v) is 6.36. The molecule has 0 aromatic heterocycles. The highest BCUT2D eigenvalue weighted by Crippen LogP contribution is 2.24. The van der Waals surface area contributed by atoms with Gasteiger partial charge >= 0.3 is 0 Å². The van der Waals surface area contributed by atoms with Crippen molar-refractivity contribution in [2.75, 3.05) is 26.2 Å². The van der Waals surface area contributed by atoms with E-state index in [2.05, 4.69) is 14.9 Å². The predicted molar refractivity (Wildman–Crippen MR) is 89.6 cm³/mol. The first-order valence-electron chi connectivity index (χ1n) is 8.46. The SMILES string of the molecule is [N-]=[N+]=Nc1ccc(C(=O)N2CCN(C3CCCCC3)CC2)cc1. The lowest BCUT2D eigenvalue weighted by atomic mass is 9.94. The lowest BCUT2D eigenvalue weighted by molar-refractivity contribution is 0.0523. The molecular formula is C17H23N5O. The van der Waals surface area contributed by atoms with Crippen LogP contribution < -0.4 is 0 Å². The van der Waals surface area contributed by atoms with Crippen LogP contribution in [0.15, 0.2) is 29.4 Å². The average Bonchev–Trinajstić information content (AvgIpc) is 2.63. The van der Waals surface area contributed by atoms with Crippen LogP contribution in [0, 0.1) is 0 Å². The predicted octanol–water partition coefficient (Wildman–Crippen LogP) is 3.72. The van der Waals surface area contributed by atoms with Gasteiger partial charge in [-0.1, -0.05) is 36.5 Å². The summed E-state index contributed by atoms with van der Waals surface area (Å²) in [6.45, 7) is 3.56. The quantitative estimate of drug-likeness (QED) is 0.484. The lowest BCUT2D eigenvalue weighted by Crippen LogP contribution is -2.52. The molecule has 1 amide bonds. The smallest absolute Gasteiger partial charge is 0.253 e. The fourth-order valence-corrected chi connectivity index (χ4v) is 3.64. The van der Waals surface area contributed by atoms with Crippen LogP contribution in [0.4, 0.5) is 5.69 Å². The number of hydrogen-bond acceptors (Lipinski definition) is 3. The Kier molecular flexibility index (Phi) is 5.16. The molecule has 1 saturated heterocycles. The second kappa shape index (κ2) is 7.49. The van der Waals surface area contributed by atoms with Crippen molar-refractivity contribution < 1.29 is 4.79 Å². The number of amides is 1. The molecule has 1 heterocycles. The molecule has 1 saturated carbocycles. The maximum absolute atomic E-state index is 12.6. The summed E-state index contributed by atoms with van der Waals surface area (Å²) in [7, 11) is 0. The zero-order valence-corrected chi connectivity index (χ0v) is 13.4. The Labute approximate surface area is 136 Å². The van der Waals surface area contributed by atoms with Gasteiger partial charge < -0.3 is 4.90 Å². The minimum Gasteiger partial charge on any atom is -0.336 e. The molecular weight excluding hydrogens is 290 g/mol. The molecule has 0 unspecified atom stereocenters. The highest BCUT2D eigenvalue weighted by Gasteiger charge is 2.27. The monoisotopic (exact) mass is 313 g/mol. The van der Waals surface area contributed by atoms with E-state index in [-0.39, 0.29) is 5.91 Å². The molecule has 6 nitrogen and oxygen atoms in total. The first-order chi connectivity index (χ1) is 11.3. The Morgan fingerprint density at radius 3 is 2.30 bits per heavy atom. The molecule has 2 aliphatic rings. The first kappa shape index (κ1) is 15.8. The number of piperazine rings is 1. The molecule has 0 N–H and O–H groups in total. The molecule has 1 aliphatic carbocycles. The standard InChI is InChI=1S/C17H23N5O/c18-20-19-15-8-6-14(7-9-15)17(23)22-12-10-21(11-13-22)16-4-2-1-3-5-16/h6-9,16H,1-5,10-13H2. The van der Waals surface area contributed by atoms with Crippen molar-refractivity contribution in [3.8, 4) is 0 Å². The third kappa shape index (κ3) is 3.84. The van der Waals surface area contributed by atoms with Crippen LogP contribution in [-0.4, -0.2) is 47.9 Å². The number of azide groups is 1. The molecule has 1 aliphatic heterocycles. The largest absolute Gasteiger partial charge is 0.336 e. The third-order valence-corrected chi connectivity index (χ3v) is 4.97. The number of benzene rings is 1. The van der Waals surface area contributed by atoms with E-state index in [0.717, 1.165) is 32.2 Å². The van der Waals surface area contributed by atoms with E-state index in [0.29, 0.717) is 11.3 Å². The summed E-state index contributed by atoms with van der Waals surface area (Å²) < 4.78 is 0. The van der Waals surface area contributed by atoms with Crippen LogP contribution in [0.2, 0.25) is 0 Å². The maximum Gasteiger partial charge on any atom is 0.253 e. The molecule has 3 rings (SSSR count). The van der Waals surface area contributed by atoms with E-state index < -0.39 is 0 Å². The summed E-state index contributed by atoms with van der Waals surface area (Å²) in [6, 6.07) is 7.57. The van der Waals surface area contributed by atoms with Crippen molar-refractivity contribution in [3.05, 3.63) is 40.3 Å². The summed E-state index contributed by atoms with van der Waals surface area (Å²) in [5.74, 6) is 0.0702. The van der Waals surface area contributed by atoms with E-state index in [4.69, 9.17) is 5.53 Å². The molecule has 0 spiro atoms. The molecule has 6 heteroatoms. The van der Waals surface area contributed by atoms with Gasteiger partial charge in [-0.25, -0.2) is 0 Å². The van der Waals surface area contributed by atoms with E-state index in [1.165, 1.54) is 32.1 Å². The van der Waals surface area contributed by atoms with Gasteiger partial charge in [0.05, 0.1) is 0 Å². The van der Waals surface area contributed by atoms with Crippen LogP contribution in [0.1, 0.15) is 42.5 Å². The fraction of sp³-hybridized carbons (Fsp3) is 0.588. The van der Waals surface area contributed by atoms with Crippen molar-refractivity contribution in [2.24, 2.45) is 5.11 Å². The molecule has 0 atom stereocenters. The number of hydrogen-bond donors (Lipinski definition) is 0. The van der Waals surface area contributed by atoms with E-state index >= 15 is 0 Å². The van der Waals surface area contributed by atoms with Gasteiger partial charge in [-0.2, -0.15) is 0 Å². The Morgan fingerprint density at radius 2 is 1.70 bits per heavy atom. The Morgan fingerprint density at radius 1 is 1.04 bits per heavy atom.